The van der Waals surface area contributed by atoms with Gasteiger partial charge in [0.2, 0.25) is 0 Å². The van der Waals surface area contributed by atoms with Gasteiger partial charge in [0, 0.05) is 4.47 Å². The molecule has 0 saturated heterocycles. The van der Waals surface area contributed by atoms with E-state index < -0.39 is 6.43 Å². The number of halogens is 5. The normalized spacial score (nSPS) is 10.9. The van der Waals surface area contributed by atoms with Gasteiger partial charge in [-0.15, -0.1) is 11.6 Å². The van der Waals surface area contributed by atoms with Crippen LogP contribution < -0.4 is 0 Å². The van der Waals surface area contributed by atoms with Gasteiger partial charge >= 0.3 is 0 Å². The fraction of sp³-hybridized carbons (Fsp3) is 0.286. The molecule has 1 heterocycles. The number of pyridine rings is 1. The highest BCUT2D eigenvalue weighted by molar-refractivity contribution is 9.11. The first-order valence-corrected chi connectivity index (χ1v) is 5.37. The Balaban J connectivity index is 3.20. The lowest BCUT2D eigenvalue weighted by Gasteiger charge is -2.06. The van der Waals surface area contributed by atoms with Crippen LogP contribution in [0, 0.1) is 0 Å². The second-order valence-corrected chi connectivity index (χ2v) is 4.10. The van der Waals surface area contributed by atoms with Crippen LogP contribution in [-0.2, 0) is 5.88 Å². The molecule has 0 aliphatic heterocycles. The average Bonchev–Trinajstić information content (AvgIpc) is 2.07. The van der Waals surface area contributed by atoms with Gasteiger partial charge in [0.15, 0.2) is 0 Å². The molecule has 0 amide bonds. The maximum atomic E-state index is 12.3. The Kier molecular flexibility index (Phi) is 4.06. The van der Waals surface area contributed by atoms with E-state index in [-0.39, 0.29) is 16.0 Å². The van der Waals surface area contributed by atoms with E-state index in [1.165, 1.54) is 6.07 Å². The highest BCUT2D eigenvalue weighted by Gasteiger charge is 2.15. The molecule has 0 saturated carbocycles. The van der Waals surface area contributed by atoms with Crippen molar-refractivity contribution in [2.24, 2.45) is 0 Å². The van der Waals surface area contributed by atoms with Crippen LogP contribution in [0.5, 0.6) is 0 Å². The predicted octanol–water partition coefficient (Wildman–Crippen LogP) is 4.28. The van der Waals surface area contributed by atoms with Gasteiger partial charge in [0.05, 0.1) is 17.1 Å². The van der Waals surface area contributed by atoms with E-state index in [0.717, 1.165) is 0 Å². The van der Waals surface area contributed by atoms with Crippen LogP contribution in [0.15, 0.2) is 15.1 Å². The van der Waals surface area contributed by atoms with Gasteiger partial charge in [-0.3, -0.25) is 0 Å². The molecule has 1 nitrogen and oxygen atoms in total. The summed E-state index contributed by atoms with van der Waals surface area (Å²) in [5.41, 5.74) is 0.402. The molecule has 1 aromatic rings. The largest absolute Gasteiger partial charge is 0.266 e. The summed E-state index contributed by atoms with van der Waals surface area (Å²) in [7, 11) is 0. The lowest BCUT2D eigenvalue weighted by molar-refractivity contribution is 0.150. The van der Waals surface area contributed by atoms with Crippen LogP contribution in [0.2, 0.25) is 0 Å². The van der Waals surface area contributed by atoms with E-state index in [2.05, 4.69) is 36.8 Å². The van der Waals surface area contributed by atoms with Crippen molar-refractivity contribution in [3.05, 3.63) is 26.4 Å². The maximum absolute atomic E-state index is 12.3. The first-order valence-electron chi connectivity index (χ1n) is 3.25. The minimum atomic E-state index is -2.54. The monoisotopic (exact) mass is 333 g/mol. The summed E-state index contributed by atoms with van der Waals surface area (Å²) in [6.07, 6.45) is -2.54. The molecule has 0 spiro atoms. The van der Waals surface area contributed by atoms with Gasteiger partial charge in [0.1, 0.15) is 4.60 Å². The predicted molar refractivity (Wildman–Crippen MR) is 54.2 cm³/mol. The van der Waals surface area contributed by atoms with Crippen molar-refractivity contribution in [1.82, 2.24) is 4.98 Å². The average molecular weight is 335 g/mol. The van der Waals surface area contributed by atoms with Crippen molar-refractivity contribution in [3.8, 4) is 0 Å². The minimum absolute atomic E-state index is 0.138. The Morgan fingerprint density at radius 2 is 2.08 bits per heavy atom. The molecule has 13 heavy (non-hydrogen) atoms. The molecule has 0 aliphatic rings. The topological polar surface area (TPSA) is 12.9 Å². The number of hydrogen-bond donors (Lipinski definition) is 0. The number of alkyl halides is 3. The van der Waals surface area contributed by atoms with Crippen LogP contribution in [0.25, 0.3) is 0 Å². The smallest absolute Gasteiger partial charge is 0.243 e. The lowest BCUT2D eigenvalue weighted by atomic mass is 10.2. The molecule has 1 rings (SSSR count). The zero-order valence-electron chi connectivity index (χ0n) is 6.20. The van der Waals surface area contributed by atoms with Crippen LogP contribution in [0.1, 0.15) is 17.7 Å². The first-order chi connectivity index (χ1) is 6.06. The molecule has 0 atom stereocenters. The van der Waals surface area contributed by atoms with Crippen molar-refractivity contribution in [1.29, 1.82) is 0 Å². The molecule has 72 valence electrons. The fourth-order valence-corrected chi connectivity index (χ4v) is 2.10. The summed E-state index contributed by atoms with van der Waals surface area (Å²) < 4.78 is 25.3. The third-order valence-corrected chi connectivity index (χ3v) is 2.97. The summed E-state index contributed by atoms with van der Waals surface area (Å²) >= 11 is 11.6. The second-order valence-electron chi connectivity index (χ2n) is 2.23. The minimum Gasteiger partial charge on any atom is -0.243 e. The molecule has 0 aromatic carbocycles. The van der Waals surface area contributed by atoms with E-state index in [1.807, 2.05) is 0 Å². The quantitative estimate of drug-likeness (QED) is 0.581. The Labute approximate surface area is 95.8 Å². The Bertz CT molecular complexity index is 320. The molecule has 0 bridgehead atoms. The molecule has 6 heteroatoms. The standard InChI is InChI=1S/C7H4Br2ClF2N/c8-4-1-3(7(11)12)6(9)13-5(4)2-10/h1,7H,2H2. The molecular formula is C7H4Br2ClF2N. The van der Waals surface area contributed by atoms with Gasteiger partial charge in [-0.1, -0.05) is 0 Å². The van der Waals surface area contributed by atoms with E-state index in [4.69, 9.17) is 11.6 Å². The van der Waals surface area contributed by atoms with Gasteiger partial charge in [0.25, 0.3) is 6.43 Å². The van der Waals surface area contributed by atoms with Crippen LogP contribution in [0.4, 0.5) is 8.78 Å². The fourth-order valence-electron chi connectivity index (χ4n) is 0.763. The Morgan fingerprint density at radius 3 is 2.54 bits per heavy atom. The first kappa shape index (κ1) is 11.3. The third-order valence-electron chi connectivity index (χ3n) is 1.39. The second kappa shape index (κ2) is 4.66. The van der Waals surface area contributed by atoms with Crippen LogP contribution in [0.3, 0.4) is 0 Å². The Morgan fingerprint density at radius 1 is 1.46 bits per heavy atom. The lowest BCUT2D eigenvalue weighted by Crippen LogP contribution is -1.95. The highest BCUT2D eigenvalue weighted by atomic mass is 79.9. The maximum Gasteiger partial charge on any atom is 0.266 e. The number of aromatic nitrogens is 1. The van der Waals surface area contributed by atoms with Crippen molar-refractivity contribution in [3.63, 3.8) is 0 Å². The van der Waals surface area contributed by atoms with Crippen molar-refractivity contribution < 1.29 is 8.78 Å². The highest BCUT2D eigenvalue weighted by Crippen LogP contribution is 2.30. The molecule has 0 aliphatic carbocycles. The van der Waals surface area contributed by atoms with Gasteiger partial charge < -0.3 is 0 Å². The summed E-state index contributed by atoms with van der Waals surface area (Å²) in [4.78, 5) is 3.87. The van der Waals surface area contributed by atoms with E-state index in [0.29, 0.717) is 10.2 Å². The summed E-state index contributed by atoms with van der Waals surface area (Å²) in [5.74, 6) is 0.183. The number of rotatable bonds is 2. The molecule has 0 N–H and O–H groups in total. The molecule has 0 radical (unpaired) electrons. The zero-order chi connectivity index (χ0) is 10.0. The molecule has 0 unspecified atom stereocenters. The van der Waals surface area contributed by atoms with Crippen molar-refractivity contribution >= 4 is 43.5 Å². The third kappa shape index (κ3) is 2.60. The van der Waals surface area contributed by atoms with Gasteiger partial charge in [-0.2, -0.15) is 0 Å². The molecule has 0 fully saturated rings. The van der Waals surface area contributed by atoms with Crippen LogP contribution >= 0.6 is 43.5 Å². The van der Waals surface area contributed by atoms with Crippen LogP contribution in [-0.4, -0.2) is 4.98 Å². The van der Waals surface area contributed by atoms with Gasteiger partial charge in [-0.05, 0) is 37.9 Å². The summed E-state index contributed by atoms with van der Waals surface area (Å²) in [5, 5.41) is 0. The number of hydrogen-bond acceptors (Lipinski definition) is 1. The van der Waals surface area contributed by atoms with Crippen molar-refractivity contribution in [2.75, 3.05) is 0 Å². The Hall–Kier alpha value is 0.260. The van der Waals surface area contributed by atoms with E-state index >= 15 is 0 Å². The number of nitrogens with zero attached hydrogens (tertiary/aromatic N) is 1. The summed E-state index contributed by atoms with van der Waals surface area (Å²) in [6, 6.07) is 1.32. The van der Waals surface area contributed by atoms with Crippen molar-refractivity contribution in [2.45, 2.75) is 12.3 Å². The zero-order valence-corrected chi connectivity index (χ0v) is 10.1. The molecular weight excluding hydrogens is 331 g/mol. The SMILES string of the molecule is FC(F)c1cc(Br)c(CCl)nc1Br. The molecule has 1 aromatic heterocycles. The van der Waals surface area contributed by atoms with E-state index in [9.17, 15) is 8.78 Å². The van der Waals surface area contributed by atoms with Gasteiger partial charge in [-0.25, -0.2) is 13.8 Å². The van der Waals surface area contributed by atoms with E-state index in [1.54, 1.807) is 0 Å². The summed E-state index contributed by atoms with van der Waals surface area (Å²) in [6.45, 7) is 0.